The number of benzene rings is 1. The molecule has 0 atom stereocenters. The van der Waals surface area contributed by atoms with Gasteiger partial charge in [0.1, 0.15) is 6.26 Å². The first-order valence-corrected chi connectivity index (χ1v) is 4.73. The highest BCUT2D eigenvalue weighted by atomic mass is 16.5. The number of para-hydroxylation sites is 2. The number of nitrogen functional groups attached to an aromatic ring is 1. The van der Waals surface area contributed by atoms with Crippen molar-refractivity contribution in [1.82, 2.24) is 5.16 Å². The lowest BCUT2D eigenvalue weighted by Crippen LogP contribution is -2.27. The third-order valence-electron chi connectivity index (χ3n) is 2.26. The average molecular weight is 217 g/mol. The number of nitrogens with zero attached hydrogens (tertiary/aromatic N) is 2. The lowest BCUT2D eigenvalue weighted by atomic mass is 10.2. The minimum absolute atomic E-state index is 0.255. The number of anilines is 2. The summed E-state index contributed by atoms with van der Waals surface area (Å²) in [6.45, 7) is 0. The Morgan fingerprint density at radius 3 is 2.75 bits per heavy atom. The van der Waals surface area contributed by atoms with E-state index in [1.165, 1.54) is 17.2 Å². The normalized spacial score (nSPS) is 10.1. The molecule has 16 heavy (non-hydrogen) atoms. The largest absolute Gasteiger partial charge is 0.397 e. The molecule has 0 unspecified atom stereocenters. The SMILES string of the molecule is CN(C(=O)c1ccon1)c1ccccc1N. The highest BCUT2D eigenvalue weighted by Crippen LogP contribution is 2.22. The molecular weight excluding hydrogens is 206 g/mol. The summed E-state index contributed by atoms with van der Waals surface area (Å²) in [5.41, 5.74) is 7.22. The molecule has 0 saturated carbocycles. The van der Waals surface area contributed by atoms with Crippen LogP contribution in [0.25, 0.3) is 0 Å². The first-order valence-electron chi connectivity index (χ1n) is 4.73. The van der Waals surface area contributed by atoms with Gasteiger partial charge in [0, 0.05) is 13.1 Å². The van der Waals surface area contributed by atoms with E-state index in [2.05, 4.69) is 9.68 Å². The summed E-state index contributed by atoms with van der Waals surface area (Å²) in [6.07, 6.45) is 1.36. The van der Waals surface area contributed by atoms with Gasteiger partial charge in [0.2, 0.25) is 0 Å². The van der Waals surface area contributed by atoms with Gasteiger partial charge in [-0.1, -0.05) is 17.3 Å². The fourth-order valence-corrected chi connectivity index (χ4v) is 1.40. The van der Waals surface area contributed by atoms with E-state index in [-0.39, 0.29) is 11.6 Å². The standard InChI is InChI=1S/C11H11N3O2/c1-14(10-5-3-2-4-8(10)12)11(15)9-6-7-16-13-9/h2-7H,12H2,1H3. The van der Waals surface area contributed by atoms with Crippen molar-refractivity contribution >= 4 is 17.3 Å². The van der Waals surface area contributed by atoms with Gasteiger partial charge in [-0.2, -0.15) is 0 Å². The molecule has 5 nitrogen and oxygen atoms in total. The maximum Gasteiger partial charge on any atom is 0.280 e. The summed E-state index contributed by atoms with van der Waals surface area (Å²) in [6, 6.07) is 8.65. The van der Waals surface area contributed by atoms with Gasteiger partial charge < -0.3 is 15.2 Å². The van der Waals surface area contributed by atoms with Crippen molar-refractivity contribution < 1.29 is 9.32 Å². The van der Waals surface area contributed by atoms with Crippen LogP contribution in [0.3, 0.4) is 0 Å². The maximum absolute atomic E-state index is 11.9. The molecule has 0 radical (unpaired) electrons. The van der Waals surface area contributed by atoms with Gasteiger partial charge in [0.05, 0.1) is 11.4 Å². The second-order valence-corrected chi connectivity index (χ2v) is 3.31. The van der Waals surface area contributed by atoms with Crippen LogP contribution in [-0.2, 0) is 0 Å². The fraction of sp³-hybridized carbons (Fsp3) is 0.0909. The predicted molar refractivity (Wildman–Crippen MR) is 60.1 cm³/mol. The third kappa shape index (κ3) is 1.75. The number of nitrogens with two attached hydrogens (primary N) is 1. The zero-order valence-electron chi connectivity index (χ0n) is 8.75. The van der Waals surface area contributed by atoms with Crippen LogP contribution >= 0.6 is 0 Å². The van der Waals surface area contributed by atoms with Crippen molar-refractivity contribution in [2.75, 3.05) is 17.7 Å². The molecule has 0 fully saturated rings. The molecule has 0 aliphatic carbocycles. The maximum atomic E-state index is 11.9. The molecule has 0 saturated heterocycles. The number of carbonyl (C=O) groups is 1. The van der Waals surface area contributed by atoms with Crippen molar-refractivity contribution in [3.05, 3.63) is 42.3 Å². The van der Waals surface area contributed by atoms with Crippen molar-refractivity contribution in [1.29, 1.82) is 0 Å². The van der Waals surface area contributed by atoms with E-state index in [1.54, 1.807) is 19.2 Å². The Labute approximate surface area is 92.4 Å². The summed E-state index contributed by atoms with van der Waals surface area (Å²) >= 11 is 0. The average Bonchev–Trinajstić information content (AvgIpc) is 2.81. The Morgan fingerprint density at radius 1 is 1.38 bits per heavy atom. The van der Waals surface area contributed by atoms with Crippen LogP contribution in [-0.4, -0.2) is 18.1 Å². The second kappa shape index (κ2) is 4.06. The molecule has 1 aromatic heterocycles. The van der Waals surface area contributed by atoms with E-state index >= 15 is 0 Å². The highest BCUT2D eigenvalue weighted by Gasteiger charge is 2.17. The van der Waals surface area contributed by atoms with Crippen LogP contribution in [0, 0.1) is 0 Å². The summed E-state index contributed by atoms with van der Waals surface area (Å²) < 4.78 is 4.62. The van der Waals surface area contributed by atoms with Crippen LogP contribution in [0.1, 0.15) is 10.5 Å². The number of aromatic nitrogens is 1. The Morgan fingerprint density at radius 2 is 2.12 bits per heavy atom. The van der Waals surface area contributed by atoms with Gasteiger partial charge >= 0.3 is 0 Å². The van der Waals surface area contributed by atoms with E-state index in [1.807, 2.05) is 12.1 Å². The minimum Gasteiger partial charge on any atom is -0.397 e. The molecule has 1 heterocycles. The first-order chi connectivity index (χ1) is 7.70. The molecule has 2 rings (SSSR count). The third-order valence-corrected chi connectivity index (χ3v) is 2.26. The van der Waals surface area contributed by atoms with Gasteiger partial charge in [0.25, 0.3) is 5.91 Å². The van der Waals surface area contributed by atoms with Gasteiger partial charge in [-0.15, -0.1) is 0 Å². The van der Waals surface area contributed by atoms with Crippen LogP contribution in [0.4, 0.5) is 11.4 Å². The van der Waals surface area contributed by atoms with Crippen LogP contribution in [0.15, 0.2) is 41.1 Å². The lowest BCUT2D eigenvalue weighted by molar-refractivity contribution is 0.0984. The monoisotopic (exact) mass is 217 g/mol. The highest BCUT2D eigenvalue weighted by molar-refractivity contribution is 6.05. The Bertz CT molecular complexity index is 494. The molecule has 5 heteroatoms. The van der Waals surface area contributed by atoms with Crippen LogP contribution in [0.5, 0.6) is 0 Å². The van der Waals surface area contributed by atoms with Gasteiger partial charge in [-0.25, -0.2) is 0 Å². The number of carbonyl (C=O) groups excluding carboxylic acids is 1. The smallest absolute Gasteiger partial charge is 0.280 e. The van der Waals surface area contributed by atoms with Crippen LogP contribution < -0.4 is 10.6 Å². The van der Waals surface area contributed by atoms with E-state index in [4.69, 9.17) is 5.73 Å². The van der Waals surface area contributed by atoms with Crippen LogP contribution in [0.2, 0.25) is 0 Å². The van der Waals surface area contributed by atoms with E-state index in [9.17, 15) is 4.79 Å². The molecular formula is C11H11N3O2. The quantitative estimate of drug-likeness (QED) is 0.774. The van der Waals surface area contributed by atoms with Crippen molar-refractivity contribution in [3.8, 4) is 0 Å². The number of amides is 1. The van der Waals surface area contributed by atoms with E-state index in [0.717, 1.165) is 0 Å². The molecule has 0 bridgehead atoms. The Balaban J connectivity index is 2.30. The number of rotatable bonds is 2. The molecule has 0 aliphatic heterocycles. The second-order valence-electron chi connectivity index (χ2n) is 3.31. The molecule has 1 amide bonds. The molecule has 2 aromatic rings. The molecule has 82 valence electrons. The van der Waals surface area contributed by atoms with Gasteiger partial charge in [-0.3, -0.25) is 4.79 Å². The summed E-state index contributed by atoms with van der Waals surface area (Å²) in [5, 5.41) is 3.59. The summed E-state index contributed by atoms with van der Waals surface area (Å²) in [5.74, 6) is -0.258. The first kappa shape index (κ1) is 10.2. The molecule has 0 spiro atoms. The van der Waals surface area contributed by atoms with E-state index < -0.39 is 0 Å². The Hall–Kier alpha value is -2.30. The van der Waals surface area contributed by atoms with Gasteiger partial charge in [0.15, 0.2) is 5.69 Å². The fourth-order valence-electron chi connectivity index (χ4n) is 1.40. The van der Waals surface area contributed by atoms with Gasteiger partial charge in [-0.05, 0) is 12.1 Å². The summed E-state index contributed by atoms with van der Waals surface area (Å²) in [4.78, 5) is 13.3. The van der Waals surface area contributed by atoms with Crippen molar-refractivity contribution in [3.63, 3.8) is 0 Å². The topological polar surface area (TPSA) is 72.4 Å². The zero-order valence-corrected chi connectivity index (χ0v) is 8.75. The Kier molecular flexibility index (Phi) is 2.59. The van der Waals surface area contributed by atoms with Crippen molar-refractivity contribution in [2.24, 2.45) is 0 Å². The van der Waals surface area contributed by atoms with E-state index in [0.29, 0.717) is 11.4 Å². The minimum atomic E-state index is -0.258. The molecule has 2 N–H and O–H groups in total. The number of hydrogen-bond acceptors (Lipinski definition) is 4. The summed E-state index contributed by atoms with van der Waals surface area (Å²) in [7, 11) is 1.64. The number of hydrogen-bond donors (Lipinski definition) is 1. The zero-order chi connectivity index (χ0) is 11.5. The molecule has 0 aliphatic rings. The molecule has 1 aromatic carbocycles. The lowest BCUT2D eigenvalue weighted by Gasteiger charge is -2.17. The predicted octanol–water partition coefficient (Wildman–Crippen LogP) is 1.53. The van der Waals surface area contributed by atoms with Crippen molar-refractivity contribution in [2.45, 2.75) is 0 Å².